The van der Waals surface area contributed by atoms with Crippen LogP contribution in [-0.4, -0.2) is 59.2 Å². The molecule has 1 saturated heterocycles. The number of rotatable bonds is 4. The molecule has 0 spiro atoms. The van der Waals surface area contributed by atoms with E-state index in [2.05, 4.69) is 0 Å². The second-order valence-corrected chi connectivity index (χ2v) is 7.35. The molecule has 2 atom stereocenters. The van der Waals surface area contributed by atoms with E-state index in [9.17, 15) is 15.0 Å². The number of aliphatic hydroxyl groups is 1. The largest absolute Gasteiger partial charge is 0.465 e. The third kappa shape index (κ3) is 4.47. The van der Waals surface area contributed by atoms with Crippen molar-refractivity contribution >= 4 is 6.09 Å². The average molecular weight is 337 g/mol. The molecule has 1 amide bonds. The van der Waals surface area contributed by atoms with Crippen LogP contribution in [0.1, 0.15) is 26.3 Å². The molecule has 6 heteroatoms. The average Bonchev–Trinajstić information content (AvgIpc) is 2.68. The Labute approximate surface area is 143 Å². The zero-order valence-electron chi connectivity index (χ0n) is 14.6. The highest BCUT2D eigenvalue weighted by Gasteiger charge is 2.48. The van der Waals surface area contributed by atoms with E-state index in [1.807, 2.05) is 51.1 Å². The van der Waals surface area contributed by atoms with E-state index in [0.29, 0.717) is 6.61 Å². The Morgan fingerprint density at radius 3 is 2.62 bits per heavy atom. The number of ether oxygens (including phenoxy) is 2. The lowest BCUT2D eigenvalue weighted by atomic mass is 9.76. The van der Waals surface area contributed by atoms with E-state index < -0.39 is 17.8 Å². The van der Waals surface area contributed by atoms with Gasteiger partial charge in [-0.2, -0.15) is 0 Å². The number of amides is 1. The summed E-state index contributed by atoms with van der Waals surface area (Å²) in [4.78, 5) is 12.7. The first-order valence-electron chi connectivity index (χ1n) is 8.15. The molecular weight excluding hydrogens is 310 g/mol. The summed E-state index contributed by atoms with van der Waals surface area (Å²) in [6, 6.07) is 9.79. The molecule has 2 N–H and O–H groups in total. The van der Waals surface area contributed by atoms with Crippen molar-refractivity contribution in [3.05, 3.63) is 35.9 Å². The molecule has 1 fully saturated rings. The van der Waals surface area contributed by atoms with E-state index in [-0.39, 0.29) is 31.7 Å². The van der Waals surface area contributed by atoms with Crippen LogP contribution in [0.3, 0.4) is 0 Å². The van der Waals surface area contributed by atoms with Gasteiger partial charge in [0.15, 0.2) is 0 Å². The van der Waals surface area contributed by atoms with Crippen LogP contribution in [0, 0.1) is 5.41 Å². The predicted octanol–water partition coefficient (Wildman–Crippen LogP) is 2.36. The minimum absolute atomic E-state index is 0.0475. The van der Waals surface area contributed by atoms with Crippen molar-refractivity contribution in [2.24, 2.45) is 5.41 Å². The van der Waals surface area contributed by atoms with Gasteiger partial charge in [0.2, 0.25) is 0 Å². The minimum Gasteiger partial charge on any atom is -0.465 e. The Balaban J connectivity index is 2.14. The second-order valence-electron chi connectivity index (χ2n) is 7.35. The molecule has 6 nitrogen and oxygen atoms in total. The van der Waals surface area contributed by atoms with Gasteiger partial charge in [0, 0.05) is 0 Å². The summed E-state index contributed by atoms with van der Waals surface area (Å²) in [5.74, 6) is 0. The van der Waals surface area contributed by atoms with E-state index in [1.54, 1.807) is 0 Å². The van der Waals surface area contributed by atoms with Crippen LogP contribution in [0.4, 0.5) is 4.79 Å². The fourth-order valence-corrected chi connectivity index (χ4v) is 2.79. The van der Waals surface area contributed by atoms with E-state index in [1.165, 1.54) is 4.90 Å². The first-order valence-corrected chi connectivity index (χ1v) is 8.15. The maximum atomic E-state index is 11.5. The van der Waals surface area contributed by atoms with E-state index in [0.717, 1.165) is 5.56 Å². The molecule has 0 saturated carbocycles. The monoisotopic (exact) mass is 337 g/mol. The van der Waals surface area contributed by atoms with Gasteiger partial charge in [-0.15, -0.1) is 0 Å². The molecule has 0 radical (unpaired) electrons. The maximum Gasteiger partial charge on any atom is 0.407 e. The number of benzene rings is 1. The van der Waals surface area contributed by atoms with Crippen LogP contribution in [0.25, 0.3) is 0 Å². The van der Waals surface area contributed by atoms with Crippen LogP contribution in [0.5, 0.6) is 0 Å². The zero-order chi connectivity index (χ0) is 17.8. The van der Waals surface area contributed by atoms with Crippen LogP contribution in [0.15, 0.2) is 30.3 Å². The van der Waals surface area contributed by atoms with Crippen molar-refractivity contribution < 1.29 is 24.5 Å². The van der Waals surface area contributed by atoms with Crippen molar-refractivity contribution in [3.63, 3.8) is 0 Å². The standard InChI is InChI=1S/C18H27NO5/c1-17(2,3)18(13-23-10-14-7-5-4-6-8-14)12-19(16(21)22)9-15(20)11-24-18/h4-8,15,20H,9-13H2,1-3H3,(H,21,22)/t15-,18+/m1/s1. The van der Waals surface area contributed by atoms with Crippen LogP contribution in [0.2, 0.25) is 0 Å². The minimum atomic E-state index is -1.06. The van der Waals surface area contributed by atoms with Gasteiger partial charge in [0.05, 0.1) is 39.0 Å². The lowest BCUT2D eigenvalue weighted by Gasteiger charge is -2.44. The predicted molar refractivity (Wildman–Crippen MR) is 89.8 cm³/mol. The van der Waals surface area contributed by atoms with Gasteiger partial charge in [0.25, 0.3) is 0 Å². The number of hydrogen-bond acceptors (Lipinski definition) is 4. The number of hydrogen-bond donors (Lipinski definition) is 2. The number of nitrogens with zero attached hydrogens (tertiary/aromatic N) is 1. The lowest BCUT2D eigenvalue weighted by molar-refractivity contribution is -0.164. The molecule has 0 aliphatic carbocycles. The molecule has 1 heterocycles. The molecule has 1 aliphatic rings. The Morgan fingerprint density at radius 2 is 2.04 bits per heavy atom. The zero-order valence-corrected chi connectivity index (χ0v) is 14.6. The smallest absolute Gasteiger partial charge is 0.407 e. The second kappa shape index (κ2) is 7.51. The van der Waals surface area contributed by atoms with E-state index >= 15 is 0 Å². The Hall–Kier alpha value is -1.63. The number of β-amino-alcohol motifs (C(OH)–C–C–N with tert-alkyl or cyclic N) is 1. The number of aliphatic hydroxyl groups excluding tert-OH is 1. The lowest BCUT2D eigenvalue weighted by Crippen LogP contribution is -2.56. The molecule has 134 valence electrons. The highest BCUT2D eigenvalue weighted by Crippen LogP contribution is 2.37. The summed E-state index contributed by atoms with van der Waals surface area (Å²) >= 11 is 0. The molecule has 24 heavy (non-hydrogen) atoms. The normalized spacial score (nSPS) is 25.3. The van der Waals surface area contributed by atoms with Gasteiger partial charge in [-0.3, -0.25) is 0 Å². The highest BCUT2D eigenvalue weighted by atomic mass is 16.6. The number of carboxylic acid groups (broad SMARTS) is 1. The third-order valence-electron chi connectivity index (χ3n) is 4.51. The Kier molecular flexibility index (Phi) is 5.85. The van der Waals surface area contributed by atoms with Gasteiger partial charge in [-0.1, -0.05) is 51.1 Å². The fourth-order valence-electron chi connectivity index (χ4n) is 2.79. The Bertz CT molecular complexity index is 542. The highest BCUT2D eigenvalue weighted by molar-refractivity contribution is 5.65. The Morgan fingerprint density at radius 1 is 1.38 bits per heavy atom. The molecule has 0 aromatic heterocycles. The van der Waals surface area contributed by atoms with Gasteiger partial charge in [0.1, 0.15) is 5.60 Å². The van der Waals surface area contributed by atoms with Crippen LogP contribution >= 0.6 is 0 Å². The maximum absolute atomic E-state index is 11.5. The molecule has 1 aromatic carbocycles. The summed E-state index contributed by atoms with van der Waals surface area (Å²) in [6.45, 7) is 6.97. The molecular formula is C18H27NO5. The van der Waals surface area contributed by atoms with Crippen molar-refractivity contribution in [3.8, 4) is 0 Å². The van der Waals surface area contributed by atoms with Crippen molar-refractivity contribution in [1.29, 1.82) is 0 Å². The van der Waals surface area contributed by atoms with Crippen molar-refractivity contribution in [2.45, 2.75) is 39.1 Å². The third-order valence-corrected chi connectivity index (χ3v) is 4.51. The molecule has 0 unspecified atom stereocenters. The summed E-state index contributed by atoms with van der Waals surface area (Å²) < 4.78 is 11.9. The SMILES string of the molecule is CC(C)(C)[C@@]1(COCc2ccccc2)CN(C(=O)O)C[C@@H](O)CO1. The van der Waals surface area contributed by atoms with E-state index in [4.69, 9.17) is 9.47 Å². The van der Waals surface area contributed by atoms with Gasteiger partial charge < -0.3 is 24.6 Å². The molecule has 0 bridgehead atoms. The summed E-state index contributed by atoms with van der Waals surface area (Å²) in [5, 5.41) is 19.3. The fraction of sp³-hybridized carbons (Fsp3) is 0.611. The number of carbonyl (C=O) groups is 1. The van der Waals surface area contributed by atoms with Crippen LogP contribution in [-0.2, 0) is 16.1 Å². The molecule has 1 aromatic rings. The van der Waals surface area contributed by atoms with Crippen molar-refractivity contribution in [1.82, 2.24) is 4.90 Å². The van der Waals surface area contributed by atoms with Crippen LogP contribution < -0.4 is 0 Å². The summed E-state index contributed by atoms with van der Waals surface area (Å²) in [6.07, 6.45) is -1.89. The first-order chi connectivity index (χ1) is 11.2. The van der Waals surface area contributed by atoms with Gasteiger partial charge in [-0.05, 0) is 11.0 Å². The summed E-state index contributed by atoms with van der Waals surface area (Å²) in [5.41, 5.74) is -0.135. The first kappa shape index (κ1) is 18.7. The molecule has 1 aliphatic heterocycles. The quantitative estimate of drug-likeness (QED) is 0.882. The molecule has 2 rings (SSSR count). The summed E-state index contributed by atoms with van der Waals surface area (Å²) in [7, 11) is 0. The van der Waals surface area contributed by atoms with Gasteiger partial charge in [-0.25, -0.2) is 4.79 Å². The van der Waals surface area contributed by atoms with Gasteiger partial charge >= 0.3 is 6.09 Å². The topological polar surface area (TPSA) is 79.2 Å². The van der Waals surface area contributed by atoms with Crippen molar-refractivity contribution in [2.75, 3.05) is 26.3 Å².